The van der Waals surface area contributed by atoms with Gasteiger partial charge in [0.1, 0.15) is 0 Å². The van der Waals surface area contributed by atoms with Gasteiger partial charge in [-0.25, -0.2) is 0 Å². The maximum atomic E-state index is 11.8. The Morgan fingerprint density at radius 2 is 2.31 bits per heavy atom. The zero-order chi connectivity index (χ0) is 9.42. The van der Waals surface area contributed by atoms with Crippen LogP contribution >= 0.6 is 11.8 Å². The van der Waals surface area contributed by atoms with E-state index in [1.165, 1.54) is 5.75 Å². The molecule has 0 bridgehead atoms. The lowest BCUT2D eigenvalue weighted by Crippen LogP contribution is -2.43. The number of amides is 1. The van der Waals surface area contributed by atoms with Gasteiger partial charge in [-0.05, 0) is 26.0 Å². The normalized spacial score (nSPS) is 40.3. The van der Waals surface area contributed by atoms with Gasteiger partial charge >= 0.3 is 0 Å². The Hall–Kier alpha value is -0.220. The van der Waals surface area contributed by atoms with Crippen molar-refractivity contribution in [1.29, 1.82) is 0 Å². The fourth-order valence-electron chi connectivity index (χ4n) is 2.17. The van der Waals surface area contributed by atoms with Crippen LogP contribution in [0.4, 0.5) is 0 Å². The van der Waals surface area contributed by atoms with E-state index >= 15 is 0 Å². The van der Waals surface area contributed by atoms with Crippen molar-refractivity contribution >= 4 is 17.7 Å². The molecule has 3 atom stereocenters. The van der Waals surface area contributed by atoms with Gasteiger partial charge in [-0.15, -0.1) is 0 Å². The van der Waals surface area contributed by atoms with Gasteiger partial charge in [-0.1, -0.05) is 0 Å². The minimum atomic E-state index is 0.0144. The van der Waals surface area contributed by atoms with Gasteiger partial charge in [-0.3, -0.25) is 10.1 Å². The first-order chi connectivity index (χ1) is 6.20. The molecular weight excluding hydrogens is 184 g/mol. The lowest BCUT2D eigenvalue weighted by Gasteiger charge is -2.27. The molecule has 1 amide bonds. The van der Waals surface area contributed by atoms with E-state index in [0.29, 0.717) is 6.04 Å². The number of hydrogen-bond donors (Lipinski definition) is 1. The lowest BCUT2D eigenvalue weighted by molar-refractivity contribution is -0.131. The van der Waals surface area contributed by atoms with Gasteiger partial charge in [-0.2, -0.15) is 11.8 Å². The van der Waals surface area contributed by atoms with Crippen LogP contribution in [0.25, 0.3) is 0 Å². The Bertz CT molecular complexity index is 216. The smallest absolute Gasteiger partial charge is 0.240 e. The Morgan fingerprint density at radius 1 is 1.54 bits per heavy atom. The highest BCUT2D eigenvalue weighted by Crippen LogP contribution is 2.26. The van der Waals surface area contributed by atoms with E-state index < -0.39 is 0 Å². The van der Waals surface area contributed by atoms with Crippen LogP contribution in [0.15, 0.2) is 0 Å². The summed E-state index contributed by atoms with van der Waals surface area (Å²) in [4.78, 5) is 13.8. The molecule has 0 aliphatic carbocycles. The monoisotopic (exact) mass is 200 g/mol. The van der Waals surface area contributed by atoms with Gasteiger partial charge in [0, 0.05) is 11.8 Å². The van der Waals surface area contributed by atoms with Crippen LogP contribution in [0, 0.1) is 0 Å². The molecule has 74 valence electrons. The van der Waals surface area contributed by atoms with Crippen LogP contribution in [0.5, 0.6) is 0 Å². The molecule has 3 unspecified atom stereocenters. The van der Waals surface area contributed by atoms with Crippen molar-refractivity contribution in [3.8, 4) is 0 Å². The summed E-state index contributed by atoms with van der Waals surface area (Å²) in [6.07, 6.45) is 1.39. The second kappa shape index (κ2) is 3.50. The highest BCUT2D eigenvalue weighted by Gasteiger charge is 2.38. The molecular formula is C9H16N2OS. The zero-order valence-corrected chi connectivity index (χ0v) is 8.93. The summed E-state index contributed by atoms with van der Waals surface area (Å²) in [6, 6.07) is 0.491. The molecule has 2 heterocycles. The van der Waals surface area contributed by atoms with E-state index in [-0.39, 0.29) is 18.1 Å². The van der Waals surface area contributed by atoms with Gasteiger partial charge in [0.25, 0.3) is 0 Å². The largest absolute Gasteiger partial charge is 0.322 e. The van der Waals surface area contributed by atoms with Crippen molar-refractivity contribution < 1.29 is 4.79 Å². The van der Waals surface area contributed by atoms with Crippen LogP contribution in [0.3, 0.4) is 0 Å². The molecule has 2 aliphatic rings. The number of hydrogen-bond acceptors (Lipinski definition) is 3. The van der Waals surface area contributed by atoms with Crippen LogP contribution in [0.2, 0.25) is 0 Å². The van der Waals surface area contributed by atoms with Crippen molar-refractivity contribution in [3.63, 3.8) is 0 Å². The minimum Gasteiger partial charge on any atom is -0.322 e. The number of carbonyl (C=O) groups is 1. The van der Waals surface area contributed by atoms with Crippen molar-refractivity contribution in [3.05, 3.63) is 0 Å². The summed E-state index contributed by atoms with van der Waals surface area (Å²) in [5.74, 6) is 2.60. The van der Waals surface area contributed by atoms with Crippen molar-refractivity contribution in [2.45, 2.75) is 38.5 Å². The van der Waals surface area contributed by atoms with Gasteiger partial charge in [0.05, 0.1) is 12.2 Å². The molecule has 13 heavy (non-hydrogen) atoms. The van der Waals surface area contributed by atoms with E-state index in [4.69, 9.17) is 0 Å². The van der Waals surface area contributed by atoms with Gasteiger partial charge in [0.2, 0.25) is 5.91 Å². The second-order valence-corrected chi connectivity index (χ2v) is 4.98. The number of thioether (sulfide) groups is 1. The molecule has 2 aliphatic heterocycles. The standard InChI is InChI=1S/C9H16N2OS/c1-6-9(12)11(7(2)10-6)8-3-4-13-5-8/h6-8,10H,3-5H2,1-2H3. The average Bonchev–Trinajstić information content (AvgIpc) is 2.63. The first-order valence-corrected chi connectivity index (χ1v) is 6.01. The highest BCUT2D eigenvalue weighted by molar-refractivity contribution is 7.99. The van der Waals surface area contributed by atoms with E-state index in [9.17, 15) is 4.79 Å². The minimum absolute atomic E-state index is 0.0144. The first-order valence-electron chi connectivity index (χ1n) is 4.86. The molecule has 0 spiro atoms. The first kappa shape index (κ1) is 9.34. The quantitative estimate of drug-likeness (QED) is 0.675. The average molecular weight is 200 g/mol. The molecule has 0 radical (unpaired) electrons. The molecule has 4 heteroatoms. The zero-order valence-electron chi connectivity index (χ0n) is 8.12. The predicted molar refractivity (Wildman–Crippen MR) is 54.6 cm³/mol. The summed E-state index contributed by atoms with van der Waals surface area (Å²) in [5.41, 5.74) is 0. The molecule has 2 saturated heterocycles. The maximum Gasteiger partial charge on any atom is 0.240 e. The van der Waals surface area contributed by atoms with E-state index in [1.54, 1.807) is 0 Å². The number of nitrogens with one attached hydrogen (secondary N) is 1. The SMILES string of the molecule is CC1NC(C)N(C2CCSC2)C1=O. The third-order valence-corrected chi connectivity index (χ3v) is 3.98. The van der Waals surface area contributed by atoms with Gasteiger partial charge < -0.3 is 4.90 Å². The third kappa shape index (κ3) is 1.57. The third-order valence-electron chi connectivity index (χ3n) is 2.83. The van der Waals surface area contributed by atoms with E-state index in [2.05, 4.69) is 12.2 Å². The molecule has 3 nitrogen and oxygen atoms in total. The molecule has 2 rings (SSSR count). The topological polar surface area (TPSA) is 32.3 Å². The predicted octanol–water partition coefficient (Wildman–Crippen LogP) is 0.658. The van der Waals surface area contributed by atoms with Crippen molar-refractivity contribution in [1.82, 2.24) is 10.2 Å². The van der Waals surface area contributed by atoms with E-state index in [0.717, 1.165) is 12.2 Å². The summed E-state index contributed by atoms with van der Waals surface area (Å²) in [5, 5.41) is 3.26. The molecule has 2 fully saturated rings. The lowest BCUT2D eigenvalue weighted by atomic mass is 10.2. The fraction of sp³-hybridized carbons (Fsp3) is 0.889. The van der Waals surface area contributed by atoms with Crippen molar-refractivity contribution in [2.75, 3.05) is 11.5 Å². The van der Waals surface area contributed by atoms with Crippen LogP contribution in [-0.2, 0) is 4.79 Å². The Labute approximate surface area is 83.2 Å². The Kier molecular flexibility index (Phi) is 2.51. The molecule has 0 aromatic carbocycles. The van der Waals surface area contributed by atoms with Crippen LogP contribution in [-0.4, -0.2) is 40.6 Å². The summed E-state index contributed by atoms with van der Waals surface area (Å²) in [6.45, 7) is 4.02. The molecule has 0 saturated carbocycles. The van der Waals surface area contributed by atoms with Crippen LogP contribution < -0.4 is 5.32 Å². The summed E-state index contributed by atoms with van der Waals surface area (Å²) in [7, 11) is 0. The second-order valence-electron chi connectivity index (χ2n) is 3.83. The van der Waals surface area contributed by atoms with E-state index in [1.807, 2.05) is 23.6 Å². The summed E-state index contributed by atoms with van der Waals surface area (Å²) >= 11 is 1.95. The number of carbonyl (C=O) groups excluding carboxylic acids is 1. The number of rotatable bonds is 1. The molecule has 1 N–H and O–H groups in total. The van der Waals surface area contributed by atoms with Crippen molar-refractivity contribution in [2.24, 2.45) is 0 Å². The van der Waals surface area contributed by atoms with Crippen LogP contribution in [0.1, 0.15) is 20.3 Å². The van der Waals surface area contributed by atoms with Gasteiger partial charge in [0.15, 0.2) is 0 Å². The fourth-order valence-corrected chi connectivity index (χ4v) is 3.37. The number of nitrogens with zero attached hydrogens (tertiary/aromatic N) is 1. The Morgan fingerprint density at radius 3 is 2.77 bits per heavy atom. The molecule has 0 aromatic heterocycles. The summed E-state index contributed by atoms with van der Waals surface area (Å²) < 4.78 is 0. The Balaban J connectivity index is 2.08. The molecule has 0 aromatic rings. The highest BCUT2D eigenvalue weighted by atomic mass is 32.2. The maximum absolute atomic E-state index is 11.8.